The molecule has 2 aromatic rings. The fraction of sp³-hybridized carbons (Fsp3) is 0.471. The Morgan fingerprint density at radius 3 is 3.00 bits per heavy atom. The lowest BCUT2D eigenvalue weighted by atomic mass is 10.1. The molecule has 0 bridgehead atoms. The zero-order chi connectivity index (χ0) is 15.7. The van der Waals surface area contributed by atoms with Gasteiger partial charge in [-0.3, -0.25) is 4.90 Å². The third-order valence-corrected chi connectivity index (χ3v) is 5.05. The fourth-order valence-electron chi connectivity index (χ4n) is 3.11. The number of halogens is 1. The average molecular weight is 336 g/mol. The molecule has 0 unspecified atom stereocenters. The predicted molar refractivity (Wildman–Crippen MR) is 96.1 cm³/mol. The number of allylic oxidation sites excluding steroid dienone is 1. The summed E-state index contributed by atoms with van der Waals surface area (Å²) in [5.74, 6) is 0. The summed E-state index contributed by atoms with van der Waals surface area (Å²) in [6.07, 6.45) is 6.88. The summed E-state index contributed by atoms with van der Waals surface area (Å²) in [5.41, 5.74) is 3.43. The Labute approximate surface area is 141 Å². The van der Waals surface area contributed by atoms with Crippen LogP contribution in [0.1, 0.15) is 32.3 Å². The molecule has 1 aliphatic rings. The first-order valence-corrected chi connectivity index (χ1v) is 8.69. The van der Waals surface area contributed by atoms with E-state index in [1.807, 2.05) is 12.1 Å². The van der Waals surface area contributed by atoms with Crippen LogP contribution in [0, 0.1) is 4.77 Å². The number of hydrogen-bond donors (Lipinski definition) is 1. The van der Waals surface area contributed by atoms with E-state index in [-0.39, 0.29) is 0 Å². The van der Waals surface area contributed by atoms with Gasteiger partial charge in [0, 0.05) is 36.3 Å². The number of rotatable bonds is 4. The summed E-state index contributed by atoms with van der Waals surface area (Å²) in [6.45, 7) is 7.17. The molecular formula is C17H22ClN3S. The molecule has 1 aromatic heterocycles. The summed E-state index contributed by atoms with van der Waals surface area (Å²) >= 11 is 12.0. The number of aromatic nitrogens is 2. The summed E-state index contributed by atoms with van der Waals surface area (Å²) in [6, 6.07) is 4.41. The quantitative estimate of drug-likeness (QED) is 0.634. The zero-order valence-electron chi connectivity index (χ0n) is 13.1. The van der Waals surface area contributed by atoms with Gasteiger partial charge < -0.3 is 9.55 Å². The van der Waals surface area contributed by atoms with Gasteiger partial charge in [-0.15, -0.1) is 0 Å². The van der Waals surface area contributed by atoms with Crippen LogP contribution < -0.4 is 0 Å². The summed E-state index contributed by atoms with van der Waals surface area (Å²) in [5, 5.41) is 0.826. The Hall–Kier alpha value is -1.10. The zero-order valence-corrected chi connectivity index (χ0v) is 14.7. The highest BCUT2D eigenvalue weighted by Crippen LogP contribution is 2.31. The maximum atomic E-state index is 6.48. The van der Waals surface area contributed by atoms with Gasteiger partial charge in [0.25, 0.3) is 0 Å². The minimum atomic E-state index is 0.417. The SMILES string of the molecule is CCC/C=C/CN1Cc2c(Cl)ccc3[nH]c(=S)n(c23)C[C@@H]1C. The van der Waals surface area contributed by atoms with Crippen LogP contribution in [0.5, 0.6) is 0 Å². The Bertz CT molecular complexity index is 759. The first kappa shape index (κ1) is 15.8. The molecule has 0 spiro atoms. The van der Waals surface area contributed by atoms with Crippen LogP contribution in [-0.4, -0.2) is 27.0 Å². The number of nitrogens with zero attached hydrogens (tertiary/aromatic N) is 2. The van der Waals surface area contributed by atoms with E-state index < -0.39 is 0 Å². The minimum absolute atomic E-state index is 0.417. The average Bonchev–Trinajstić information content (AvgIpc) is 2.71. The lowest BCUT2D eigenvalue weighted by Crippen LogP contribution is -2.34. The van der Waals surface area contributed by atoms with Crippen LogP contribution >= 0.6 is 23.8 Å². The first-order valence-electron chi connectivity index (χ1n) is 7.90. The van der Waals surface area contributed by atoms with Gasteiger partial charge in [-0.1, -0.05) is 37.1 Å². The summed E-state index contributed by atoms with van der Waals surface area (Å²) in [7, 11) is 0. The molecule has 1 N–H and O–H groups in total. The number of imidazole rings is 1. The molecule has 22 heavy (non-hydrogen) atoms. The number of nitrogens with one attached hydrogen (secondary N) is 1. The molecule has 0 saturated heterocycles. The molecule has 5 heteroatoms. The van der Waals surface area contributed by atoms with E-state index in [1.165, 1.54) is 17.5 Å². The van der Waals surface area contributed by atoms with Gasteiger partial charge in [-0.2, -0.15) is 0 Å². The molecule has 1 atom stereocenters. The molecule has 3 rings (SSSR count). The van der Waals surface area contributed by atoms with Gasteiger partial charge in [-0.05, 0) is 37.7 Å². The van der Waals surface area contributed by atoms with Crippen molar-refractivity contribution in [3.8, 4) is 0 Å². The van der Waals surface area contributed by atoms with E-state index in [0.717, 1.165) is 41.4 Å². The molecule has 0 fully saturated rings. The van der Waals surface area contributed by atoms with Crippen LogP contribution in [0.2, 0.25) is 5.02 Å². The van der Waals surface area contributed by atoms with Crippen molar-refractivity contribution in [3.63, 3.8) is 0 Å². The summed E-state index contributed by atoms with van der Waals surface area (Å²) in [4.78, 5) is 5.76. The Kier molecular flexibility index (Phi) is 4.71. The molecular weight excluding hydrogens is 314 g/mol. The molecule has 1 aliphatic heterocycles. The van der Waals surface area contributed by atoms with Gasteiger partial charge in [0.15, 0.2) is 4.77 Å². The standard InChI is InChI=1S/C17H22ClN3S/c1-3-4-5-6-9-20-11-13-14(18)7-8-15-16(13)21(10-12(20)2)17(22)19-15/h5-8,12H,3-4,9-11H2,1-2H3,(H,19,22)/b6-5+/t12-/m0/s1. The number of aromatic amines is 1. The molecule has 0 saturated carbocycles. The summed E-state index contributed by atoms with van der Waals surface area (Å²) < 4.78 is 2.99. The van der Waals surface area contributed by atoms with Crippen molar-refractivity contribution in [1.82, 2.24) is 14.5 Å². The largest absolute Gasteiger partial charge is 0.331 e. The van der Waals surface area contributed by atoms with E-state index in [9.17, 15) is 0 Å². The predicted octanol–water partition coefficient (Wildman–Crippen LogP) is 4.91. The second-order valence-electron chi connectivity index (χ2n) is 6.00. The Balaban J connectivity index is 1.98. The maximum absolute atomic E-state index is 6.48. The third-order valence-electron chi connectivity index (χ3n) is 4.38. The van der Waals surface area contributed by atoms with Crippen LogP contribution in [0.25, 0.3) is 11.0 Å². The Morgan fingerprint density at radius 2 is 2.23 bits per heavy atom. The maximum Gasteiger partial charge on any atom is 0.178 e. The van der Waals surface area contributed by atoms with Crippen LogP contribution in [-0.2, 0) is 13.1 Å². The van der Waals surface area contributed by atoms with Gasteiger partial charge in [0.2, 0.25) is 0 Å². The smallest absolute Gasteiger partial charge is 0.178 e. The molecule has 3 nitrogen and oxygen atoms in total. The van der Waals surface area contributed by atoms with E-state index in [2.05, 4.69) is 40.5 Å². The molecule has 2 heterocycles. The fourth-order valence-corrected chi connectivity index (χ4v) is 3.60. The van der Waals surface area contributed by atoms with Crippen molar-refractivity contribution in [1.29, 1.82) is 0 Å². The lowest BCUT2D eigenvalue weighted by Gasteiger charge is -2.26. The van der Waals surface area contributed by atoms with Crippen molar-refractivity contribution in [2.75, 3.05) is 6.54 Å². The highest BCUT2D eigenvalue weighted by atomic mass is 35.5. The monoisotopic (exact) mass is 335 g/mol. The van der Waals surface area contributed by atoms with Crippen molar-refractivity contribution in [2.45, 2.75) is 45.8 Å². The number of hydrogen-bond acceptors (Lipinski definition) is 2. The van der Waals surface area contributed by atoms with Gasteiger partial charge >= 0.3 is 0 Å². The van der Waals surface area contributed by atoms with E-state index >= 15 is 0 Å². The van der Waals surface area contributed by atoms with Crippen LogP contribution in [0.15, 0.2) is 24.3 Å². The van der Waals surface area contributed by atoms with E-state index in [1.54, 1.807) is 0 Å². The highest BCUT2D eigenvalue weighted by molar-refractivity contribution is 7.71. The minimum Gasteiger partial charge on any atom is -0.331 e. The van der Waals surface area contributed by atoms with Crippen LogP contribution in [0.3, 0.4) is 0 Å². The second-order valence-corrected chi connectivity index (χ2v) is 6.80. The van der Waals surface area contributed by atoms with E-state index in [0.29, 0.717) is 6.04 Å². The highest BCUT2D eigenvalue weighted by Gasteiger charge is 2.24. The number of benzene rings is 1. The van der Waals surface area contributed by atoms with Crippen molar-refractivity contribution >= 4 is 34.9 Å². The molecule has 0 aliphatic carbocycles. The molecule has 1 aromatic carbocycles. The van der Waals surface area contributed by atoms with Crippen molar-refractivity contribution in [3.05, 3.63) is 39.6 Å². The third kappa shape index (κ3) is 2.87. The number of unbranched alkanes of at least 4 members (excludes halogenated alkanes) is 1. The number of H-pyrrole nitrogens is 1. The van der Waals surface area contributed by atoms with Crippen LogP contribution in [0.4, 0.5) is 0 Å². The van der Waals surface area contributed by atoms with Gasteiger partial charge in [0.05, 0.1) is 11.0 Å². The van der Waals surface area contributed by atoms with Gasteiger partial charge in [0.1, 0.15) is 0 Å². The first-order chi connectivity index (χ1) is 10.6. The van der Waals surface area contributed by atoms with E-state index in [4.69, 9.17) is 23.8 Å². The lowest BCUT2D eigenvalue weighted by molar-refractivity contribution is 0.210. The van der Waals surface area contributed by atoms with Crippen molar-refractivity contribution in [2.24, 2.45) is 0 Å². The molecule has 0 amide bonds. The topological polar surface area (TPSA) is 24.0 Å². The Morgan fingerprint density at radius 1 is 1.41 bits per heavy atom. The second kappa shape index (κ2) is 6.57. The normalized spacial score (nSPS) is 19.1. The van der Waals surface area contributed by atoms with Gasteiger partial charge in [-0.25, -0.2) is 0 Å². The molecule has 118 valence electrons. The molecule has 0 radical (unpaired) electrons. The van der Waals surface area contributed by atoms with Crippen molar-refractivity contribution < 1.29 is 0 Å².